The molecule has 2 rings (SSSR count). The highest BCUT2D eigenvalue weighted by Crippen LogP contribution is 2.22. The Kier molecular flexibility index (Phi) is 5.13. The lowest BCUT2D eigenvalue weighted by molar-refractivity contribution is -0.133. The van der Waals surface area contributed by atoms with Crippen LogP contribution in [0.5, 0.6) is 0 Å². The summed E-state index contributed by atoms with van der Waals surface area (Å²) < 4.78 is 2.00. The van der Waals surface area contributed by atoms with E-state index in [1.54, 1.807) is 11.3 Å². The number of aliphatic carboxylic acids is 1. The summed E-state index contributed by atoms with van der Waals surface area (Å²) in [5.74, 6) is 0.0371. The van der Waals surface area contributed by atoms with Crippen molar-refractivity contribution in [3.05, 3.63) is 21.9 Å². The molecule has 0 aliphatic rings. The Balaban J connectivity index is 2.24. The van der Waals surface area contributed by atoms with Crippen molar-refractivity contribution in [3.63, 3.8) is 0 Å². The molecule has 0 saturated heterocycles. The van der Waals surface area contributed by atoms with Gasteiger partial charge in [0.05, 0.1) is 23.5 Å². The highest BCUT2D eigenvalue weighted by molar-refractivity contribution is 7.99. The Bertz CT molecular complexity index is 594. The van der Waals surface area contributed by atoms with Gasteiger partial charge in [0.25, 0.3) is 0 Å². The first-order valence-corrected chi connectivity index (χ1v) is 8.14. The van der Waals surface area contributed by atoms with Crippen LogP contribution >= 0.6 is 23.1 Å². The van der Waals surface area contributed by atoms with Gasteiger partial charge in [-0.1, -0.05) is 18.7 Å². The van der Waals surface area contributed by atoms with Gasteiger partial charge in [-0.05, 0) is 13.3 Å². The molecule has 0 spiro atoms. The van der Waals surface area contributed by atoms with E-state index >= 15 is 0 Å². The first-order chi connectivity index (χ1) is 9.61. The summed E-state index contributed by atoms with van der Waals surface area (Å²) in [7, 11) is 0. The minimum atomic E-state index is -0.851. The molecule has 0 amide bonds. The highest BCUT2D eigenvalue weighted by Gasteiger charge is 2.15. The SMILES string of the molecule is CCCc1nnc(SCC(=O)O)n1Cc1scnc1C. The van der Waals surface area contributed by atoms with Crippen LogP contribution in [0.2, 0.25) is 0 Å². The van der Waals surface area contributed by atoms with E-state index in [0.717, 1.165) is 29.2 Å². The molecule has 0 fully saturated rings. The molecule has 0 aliphatic carbocycles. The molecule has 1 N–H and O–H groups in total. The van der Waals surface area contributed by atoms with E-state index in [1.807, 2.05) is 17.0 Å². The third kappa shape index (κ3) is 3.57. The molecular formula is C12H16N4O2S2. The van der Waals surface area contributed by atoms with Gasteiger partial charge in [0.15, 0.2) is 5.16 Å². The van der Waals surface area contributed by atoms with Crippen LogP contribution in [0.15, 0.2) is 10.7 Å². The fraction of sp³-hybridized carbons (Fsp3) is 0.500. The smallest absolute Gasteiger partial charge is 0.313 e. The summed E-state index contributed by atoms with van der Waals surface area (Å²) in [6, 6.07) is 0. The van der Waals surface area contributed by atoms with Crippen LogP contribution in [0.25, 0.3) is 0 Å². The van der Waals surface area contributed by atoms with Crippen molar-refractivity contribution in [2.24, 2.45) is 0 Å². The van der Waals surface area contributed by atoms with Crippen molar-refractivity contribution in [3.8, 4) is 0 Å². The van der Waals surface area contributed by atoms with Crippen LogP contribution in [-0.2, 0) is 17.8 Å². The lowest BCUT2D eigenvalue weighted by Gasteiger charge is -2.08. The van der Waals surface area contributed by atoms with E-state index in [1.165, 1.54) is 11.8 Å². The fourth-order valence-electron chi connectivity index (χ4n) is 1.74. The predicted molar refractivity (Wildman–Crippen MR) is 78.3 cm³/mol. The first kappa shape index (κ1) is 15.0. The molecule has 0 atom stereocenters. The predicted octanol–water partition coefficient (Wildman–Crippen LogP) is 2.22. The number of carboxylic acid groups (broad SMARTS) is 1. The van der Waals surface area contributed by atoms with E-state index in [2.05, 4.69) is 22.1 Å². The molecule has 0 unspecified atom stereocenters. The van der Waals surface area contributed by atoms with Crippen LogP contribution in [0, 0.1) is 6.92 Å². The van der Waals surface area contributed by atoms with Crippen molar-refractivity contribution < 1.29 is 9.90 Å². The molecule has 0 radical (unpaired) electrons. The van der Waals surface area contributed by atoms with Gasteiger partial charge in [0, 0.05) is 11.3 Å². The van der Waals surface area contributed by atoms with Gasteiger partial charge >= 0.3 is 5.97 Å². The zero-order valence-corrected chi connectivity index (χ0v) is 13.0. The monoisotopic (exact) mass is 312 g/mol. The maximum atomic E-state index is 10.7. The summed E-state index contributed by atoms with van der Waals surface area (Å²) >= 11 is 2.80. The number of nitrogens with zero attached hydrogens (tertiary/aromatic N) is 4. The molecular weight excluding hydrogens is 296 g/mol. The zero-order chi connectivity index (χ0) is 14.5. The summed E-state index contributed by atoms with van der Waals surface area (Å²) in [6.07, 6.45) is 1.81. The zero-order valence-electron chi connectivity index (χ0n) is 11.4. The van der Waals surface area contributed by atoms with Gasteiger partial charge in [-0.2, -0.15) is 0 Å². The van der Waals surface area contributed by atoms with E-state index in [-0.39, 0.29) is 5.75 Å². The minimum absolute atomic E-state index is 0.00801. The number of thioether (sulfide) groups is 1. The average molecular weight is 312 g/mol. The Morgan fingerprint density at radius 2 is 2.30 bits per heavy atom. The molecule has 0 bridgehead atoms. The van der Waals surface area contributed by atoms with Crippen molar-refractivity contribution in [2.45, 2.75) is 38.4 Å². The van der Waals surface area contributed by atoms with Gasteiger partial charge in [-0.3, -0.25) is 4.79 Å². The van der Waals surface area contributed by atoms with E-state index in [0.29, 0.717) is 11.7 Å². The molecule has 108 valence electrons. The summed E-state index contributed by atoms with van der Waals surface area (Å²) in [5, 5.41) is 17.7. The number of hydrogen-bond acceptors (Lipinski definition) is 6. The normalized spacial score (nSPS) is 10.9. The van der Waals surface area contributed by atoms with Crippen LogP contribution < -0.4 is 0 Å². The molecule has 2 aromatic rings. The second kappa shape index (κ2) is 6.85. The molecule has 0 aliphatic heterocycles. The van der Waals surface area contributed by atoms with Gasteiger partial charge in [0.2, 0.25) is 0 Å². The largest absolute Gasteiger partial charge is 0.481 e. The third-order valence-electron chi connectivity index (χ3n) is 2.74. The second-order valence-electron chi connectivity index (χ2n) is 4.28. The summed E-state index contributed by atoms with van der Waals surface area (Å²) in [6.45, 7) is 4.71. The van der Waals surface area contributed by atoms with Crippen molar-refractivity contribution in [1.29, 1.82) is 0 Å². The molecule has 0 saturated carbocycles. The number of rotatable bonds is 7. The number of aromatic nitrogens is 4. The Morgan fingerprint density at radius 1 is 1.50 bits per heavy atom. The van der Waals surface area contributed by atoms with Crippen molar-refractivity contribution in [1.82, 2.24) is 19.7 Å². The third-order valence-corrected chi connectivity index (χ3v) is 4.61. The molecule has 2 heterocycles. The number of carboxylic acids is 1. The lowest BCUT2D eigenvalue weighted by atomic mass is 10.3. The Morgan fingerprint density at radius 3 is 2.90 bits per heavy atom. The number of hydrogen-bond donors (Lipinski definition) is 1. The van der Waals surface area contributed by atoms with Gasteiger partial charge in [-0.15, -0.1) is 21.5 Å². The number of carbonyl (C=O) groups is 1. The second-order valence-corrected chi connectivity index (χ2v) is 6.16. The van der Waals surface area contributed by atoms with E-state index in [4.69, 9.17) is 5.11 Å². The maximum absolute atomic E-state index is 10.7. The maximum Gasteiger partial charge on any atom is 0.313 e. The lowest BCUT2D eigenvalue weighted by Crippen LogP contribution is -2.08. The highest BCUT2D eigenvalue weighted by atomic mass is 32.2. The quantitative estimate of drug-likeness (QED) is 0.790. The summed E-state index contributed by atoms with van der Waals surface area (Å²) in [4.78, 5) is 16.1. The van der Waals surface area contributed by atoms with E-state index < -0.39 is 5.97 Å². The number of thiazole rings is 1. The molecule has 20 heavy (non-hydrogen) atoms. The van der Waals surface area contributed by atoms with Gasteiger partial charge in [-0.25, -0.2) is 4.98 Å². The van der Waals surface area contributed by atoms with Crippen molar-refractivity contribution >= 4 is 29.1 Å². The van der Waals surface area contributed by atoms with Crippen LogP contribution in [0.4, 0.5) is 0 Å². The molecule has 6 nitrogen and oxygen atoms in total. The van der Waals surface area contributed by atoms with Crippen LogP contribution in [-0.4, -0.2) is 36.6 Å². The first-order valence-electron chi connectivity index (χ1n) is 6.27. The minimum Gasteiger partial charge on any atom is -0.481 e. The van der Waals surface area contributed by atoms with Gasteiger partial charge < -0.3 is 9.67 Å². The number of aryl methyl sites for hydroxylation is 2. The van der Waals surface area contributed by atoms with Crippen molar-refractivity contribution in [2.75, 3.05) is 5.75 Å². The molecule has 0 aromatic carbocycles. The average Bonchev–Trinajstić information content (AvgIpc) is 2.97. The van der Waals surface area contributed by atoms with E-state index in [9.17, 15) is 4.79 Å². The molecule has 8 heteroatoms. The van der Waals surface area contributed by atoms with Crippen LogP contribution in [0.1, 0.15) is 29.7 Å². The van der Waals surface area contributed by atoms with Crippen LogP contribution in [0.3, 0.4) is 0 Å². The van der Waals surface area contributed by atoms with Gasteiger partial charge in [0.1, 0.15) is 5.82 Å². The Hall–Kier alpha value is -1.41. The Labute approximate surface area is 125 Å². The molecule has 2 aromatic heterocycles. The summed E-state index contributed by atoms with van der Waals surface area (Å²) in [5.41, 5.74) is 2.82. The topological polar surface area (TPSA) is 80.9 Å². The standard InChI is InChI=1S/C12H16N4O2S2/c1-3-4-10-14-15-12(19-6-11(17)18)16(10)5-9-8(2)13-7-20-9/h7H,3-6H2,1-2H3,(H,17,18). The fourth-order valence-corrected chi connectivity index (χ4v) is 3.18.